The molecule has 0 radical (unpaired) electrons. The Bertz CT molecular complexity index is 998. The predicted octanol–water partition coefficient (Wildman–Crippen LogP) is 5.57. The van der Waals surface area contributed by atoms with Gasteiger partial charge in [-0.15, -0.1) is 10.2 Å². The Hall–Kier alpha value is -2.39. The molecule has 0 spiro atoms. The molecule has 9 heteroatoms. The summed E-state index contributed by atoms with van der Waals surface area (Å²) >= 11 is 1.31. The van der Waals surface area contributed by atoms with Gasteiger partial charge in [0.15, 0.2) is 11.0 Å². The van der Waals surface area contributed by atoms with Crippen molar-refractivity contribution in [3.63, 3.8) is 0 Å². The second-order valence-corrected chi connectivity index (χ2v) is 7.99. The highest BCUT2D eigenvalue weighted by molar-refractivity contribution is 7.98. The lowest BCUT2D eigenvalue weighted by Gasteiger charge is -2.15. The molecule has 0 N–H and O–H groups in total. The van der Waals surface area contributed by atoms with Gasteiger partial charge >= 0.3 is 6.18 Å². The van der Waals surface area contributed by atoms with Crippen LogP contribution in [0.5, 0.6) is 0 Å². The standard InChI is InChI=1S/C21H19F4N3OS/c22-17-8-6-15(7-9-17)19-26-27-20(28(19)12-18-5-2-10-29-18)30-13-14-3-1-4-16(11-14)21(23,24)25/h1,3-4,6-9,11,18H,2,5,10,12-13H2. The van der Waals surface area contributed by atoms with Crippen LogP contribution in [0.2, 0.25) is 0 Å². The zero-order chi connectivity index (χ0) is 21.1. The van der Waals surface area contributed by atoms with E-state index in [1.165, 1.54) is 30.0 Å². The molecule has 1 aliphatic rings. The van der Waals surface area contributed by atoms with Crippen molar-refractivity contribution in [2.45, 2.75) is 42.6 Å². The van der Waals surface area contributed by atoms with Crippen molar-refractivity contribution in [2.75, 3.05) is 6.61 Å². The summed E-state index contributed by atoms with van der Waals surface area (Å²) < 4.78 is 59.9. The summed E-state index contributed by atoms with van der Waals surface area (Å²) in [4.78, 5) is 0. The van der Waals surface area contributed by atoms with Gasteiger partial charge in [0, 0.05) is 17.9 Å². The van der Waals surface area contributed by atoms with Crippen molar-refractivity contribution in [1.82, 2.24) is 14.8 Å². The number of hydrogen-bond acceptors (Lipinski definition) is 4. The third-order valence-electron chi connectivity index (χ3n) is 4.85. The lowest BCUT2D eigenvalue weighted by atomic mass is 10.1. The highest BCUT2D eigenvalue weighted by Gasteiger charge is 2.30. The Morgan fingerprint density at radius 1 is 1.10 bits per heavy atom. The molecular formula is C21H19F4N3OS. The van der Waals surface area contributed by atoms with Crippen molar-refractivity contribution < 1.29 is 22.3 Å². The summed E-state index contributed by atoms with van der Waals surface area (Å²) in [5, 5.41) is 9.09. The van der Waals surface area contributed by atoms with Crippen LogP contribution >= 0.6 is 11.8 Å². The molecule has 1 fully saturated rings. The first-order valence-corrected chi connectivity index (χ1v) is 10.5. The summed E-state index contributed by atoms with van der Waals surface area (Å²) in [6.07, 6.45) is -2.46. The van der Waals surface area contributed by atoms with Crippen LogP contribution < -0.4 is 0 Å². The van der Waals surface area contributed by atoms with Crippen LogP contribution in [0.4, 0.5) is 17.6 Å². The first-order valence-electron chi connectivity index (χ1n) is 9.50. The molecule has 1 aliphatic heterocycles. The van der Waals surface area contributed by atoms with Crippen LogP contribution in [0, 0.1) is 5.82 Å². The molecule has 1 atom stereocenters. The fourth-order valence-corrected chi connectivity index (χ4v) is 4.24. The first-order chi connectivity index (χ1) is 14.4. The second kappa shape index (κ2) is 8.77. The number of nitrogens with zero attached hydrogens (tertiary/aromatic N) is 3. The second-order valence-electron chi connectivity index (χ2n) is 7.05. The number of hydrogen-bond donors (Lipinski definition) is 0. The maximum atomic E-state index is 13.3. The number of rotatable bonds is 6. The monoisotopic (exact) mass is 437 g/mol. The Kier molecular flexibility index (Phi) is 6.10. The van der Waals surface area contributed by atoms with Crippen LogP contribution in [0.1, 0.15) is 24.0 Å². The molecule has 1 unspecified atom stereocenters. The Morgan fingerprint density at radius 3 is 2.60 bits per heavy atom. The van der Waals surface area contributed by atoms with Gasteiger partial charge in [0.25, 0.3) is 0 Å². The van der Waals surface area contributed by atoms with Crippen molar-refractivity contribution in [2.24, 2.45) is 0 Å². The van der Waals surface area contributed by atoms with E-state index in [-0.39, 0.29) is 11.9 Å². The third kappa shape index (κ3) is 4.84. The van der Waals surface area contributed by atoms with Gasteiger partial charge < -0.3 is 4.74 Å². The molecule has 2 aromatic carbocycles. The third-order valence-corrected chi connectivity index (χ3v) is 5.89. The van der Waals surface area contributed by atoms with E-state index >= 15 is 0 Å². The largest absolute Gasteiger partial charge is 0.416 e. The summed E-state index contributed by atoms with van der Waals surface area (Å²) in [7, 11) is 0. The minimum atomic E-state index is -4.38. The van der Waals surface area contributed by atoms with E-state index in [4.69, 9.17) is 4.74 Å². The molecule has 1 aromatic heterocycles. The lowest BCUT2D eigenvalue weighted by molar-refractivity contribution is -0.137. The van der Waals surface area contributed by atoms with Crippen LogP contribution in [0.25, 0.3) is 11.4 Å². The normalized spacial score (nSPS) is 16.9. The average Bonchev–Trinajstić information content (AvgIpc) is 3.37. The van der Waals surface area contributed by atoms with E-state index in [9.17, 15) is 17.6 Å². The van der Waals surface area contributed by atoms with E-state index in [1.807, 2.05) is 4.57 Å². The molecular weight excluding hydrogens is 418 g/mol. The number of ether oxygens (including phenoxy) is 1. The maximum Gasteiger partial charge on any atom is 0.416 e. The maximum absolute atomic E-state index is 13.3. The van der Waals surface area contributed by atoms with Gasteiger partial charge in [-0.1, -0.05) is 30.0 Å². The molecule has 158 valence electrons. The number of alkyl halides is 3. The van der Waals surface area contributed by atoms with Gasteiger partial charge in [0.05, 0.1) is 18.2 Å². The van der Waals surface area contributed by atoms with Gasteiger partial charge in [-0.2, -0.15) is 13.2 Å². The molecule has 30 heavy (non-hydrogen) atoms. The number of thioether (sulfide) groups is 1. The Labute approximate surface area is 175 Å². The molecule has 0 amide bonds. The van der Waals surface area contributed by atoms with Crippen LogP contribution in [0.15, 0.2) is 53.7 Å². The van der Waals surface area contributed by atoms with Gasteiger partial charge in [0.2, 0.25) is 0 Å². The summed E-state index contributed by atoms with van der Waals surface area (Å²) in [6, 6.07) is 11.2. The van der Waals surface area contributed by atoms with Crippen molar-refractivity contribution >= 4 is 11.8 Å². The molecule has 3 aromatic rings. The van der Waals surface area contributed by atoms with Crippen LogP contribution in [-0.2, 0) is 23.2 Å². The van der Waals surface area contributed by atoms with E-state index in [0.29, 0.717) is 41.0 Å². The van der Waals surface area contributed by atoms with E-state index in [0.717, 1.165) is 25.0 Å². The highest BCUT2D eigenvalue weighted by Crippen LogP contribution is 2.32. The van der Waals surface area contributed by atoms with Gasteiger partial charge in [-0.25, -0.2) is 4.39 Å². The van der Waals surface area contributed by atoms with Gasteiger partial charge in [-0.3, -0.25) is 4.57 Å². The van der Waals surface area contributed by atoms with Crippen LogP contribution in [0.3, 0.4) is 0 Å². The van der Waals surface area contributed by atoms with Crippen molar-refractivity contribution in [3.05, 3.63) is 65.5 Å². The van der Waals surface area contributed by atoms with E-state index in [2.05, 4.69) is 10.2 Å². The van der Waals surface area contributed by atoms with Crippen LogP contribution in [-0.4, -0.2) is 27.5 Å². The van der Waals surface area contributed by atoms with Crippen molar-refractivity contribution in [3.8, 4) is 11.4 Å². The highest BCUT2D eigenvalue weighted by atomic mass is 32.2. The SMILES string of the molecule is Fc1ccc(-c2nnc(SCc3cccc(C(F)(F)F)c3)n2CC2CCCO2)cc1. The number of benzene rings is 2. The average molecular weight is 437 g/mol. The van der Waals surface area contributed by atoms with Gasteiger partial charge in [0.1, 0.15) is 5.82 Å². The molecule has 4 nitrogen and oxygen atoms in total. The quantitative estimate of drug-likeness (QED) is 0.373. The molecule has 1 saturated heterocycles. The Morgan fingerprint density at radius 2 is 1.90 bits per heavy atom. The molecule has 4 rings (SSSR count). The first kappa shape index (κ1) is 20.9. The number of aromatic nitrogens is 3. The summed E-state index contributed by atoms with van der Waals surface area (Å²) in [5.41, 5.74) is 0.589. The topological polar surface area (TPSA) is 39.9 Å². The fraction of sp³-hybridized carbons (Fsp3) is 0.333. The predicted molar refractivity (Wildman–Crippen MR) is 105 cm³/mol. The zero-order valence-electron chi connectivity index (χ0n) is 15.9. The lowest BCUT2D eigenvalue weighted by Crippen LogP contribution is -2.16. The fourth-order valence-electron chi connectivity index (χ4n) is 3.35. The summed E-state index contributed by atoms with van der Waals surface area (Å²) in [6.45, 7) is 1.23. The van der Waals surface area contributed by atoms with E-state index < -0.39 is 11.7 Å². The van der Waals surface area contributed by atoms with Crippen molar-refractivity contribution in [1.29, 1.82) is 0 Å². The molecule has 0 saturated carbocycles. The van der Waals surface area contributed by atoms with Gasteiger partial charge in [-0.05, 0) is 48.7 Å². The minimum Gasteiger partial charge on any atom is -0.376 e. The zero-order valence-corrected chi connectivity index (χ0v) is 16.7. The molecule has 0 aliphatic carbocycles. The van der Waals surface area contributed by atoms with E-state index in [1.54, 1.807) is 18.2 Å². The summed E-state index contributed by atoms with van der Waals surface area (Å²) in [5.74, 6) is 0.553. The molecule has 0 bridgehead atoms. The Balaban J connectivity index is 1.58. The molecule has 2 heterocycles. The number of halogens is 4. The smallest absolute Gasteiger partial charge is 0.376 e. The minimum absolute atomic E-state index is 0.0214.